The third-order valence-corrected chi connectivity index (χ3v) is 7.83. The van der Waals surface area contributed by atoms with Crippen LogP contribution in [0.15, 0.2) is 48.5 Å². The lowest BCUT2D eigenvalue weighted by Gasteiger charge is -2.38. The van der Waals surface area contributed by atoms with Crippen molar-refractivity contribution < 1.29 is 14.2 Å². The lowest BCUT2D eigenvalue weighted by Crippen LogP contribution is -2.45. The predicted molar refractivity (Wildman–Crippen MR) is 129 cm³/mol. The number of hydrogen-bond donors (Lipinski definition) is 2. The van der Waals surface area contributed by atoms with Crippen LogP contribution in [0.25, 0.3) is 21.0 Å². The van der Waals surface area contributed by atoms with Gasteiger partial charge in [0.05, 0.1) is 0 Å². The molecule has 0 spiro atoms. The van der Waals surface area contributed by atoms with Gasteiger partial charge in [0.25, 0.3) is 0 Å². The molecule has 32 heavy (non-hydrogen) atoms. The Labute approximate surface area is 191 Å². The molecule has 4 nitrogen and oxygen atoms in total. The van der Waals surface area contributed by atoms with Gasteiger partial charge in [-0.3, -0.25) is 4.90 Å². The number of halogens is 1. The first-order chi connectivity index (χ1) is 15.5. The van der Waals surface area contributed by atoms with Gasteiger partial charge in [-0.1, -0.05) is 6.07 Å². The fraction of sp³-hybridized carbons (Fsp3) is 0.385. The molecule has 1 fully saturated rings. The number of ether oxygens (including phenoxy) is 1. The van der Waals surface area contributed by atoms with E-state index in [0.717, 1.165) is 51.8 Å². The normalized spacial score (nSPS) is 20.8. The Balaban J connectivity index is 1.17. The van der Waals surface area contributed by atoms with E-state index in [2.05, 4.69) is 28.9 Å². The standard InChI is InChI=1S/C26H29FN2O2S/c1-16-10-22-23(28-16)4-3-5-24(22)31-15-21(30)14-29-9-8-18(11-17(29)2)26-13-19-12-20(27)6-7-25(19)32-26/h3-7,10,12-13,17-18,21,28,30H,8-9,11,14-15H2,1-2H3/t17-,18-,21-/m0/s1. The number of thiophene rings is 1. The summed E-state index contributed by atoms with van der Waals surface area (Å²) in [4.78, 5) is 7.02. The minimum Gasteiger partial charge on any atom is -0.490 e. The quantitative estimate of drug-likeness (QED) is 0.386. The fourth-order valence-electron chi connectivity index (χ4n) is 4.89. The van der Waals surface area contributed by atoms with E-state index in [4.69, 9.17) is 4.74 Å². The molecule has 0 unspecified atom stereocenters. The molecule has 1 saturated heterocycles. The Morgan fingerprint density at radius 2 is 2.12 bits per heavy atom. The van der Waals surface area contributed by atoms with Gasteiger partial charge in [-0.25, -0.2) is 4.39 Å². The summed E-state index contributed by atoms with van der Waals surface area (Å²) >= 11 is 1.78. The first-order valence-electron chi connectivity index (χ1n) is 11.3. The maximum Gasteiger partial charge on any atom is 0.128 e. The van der Waals surface area contributed by atoms with E-state index in [0.29, 0.717) is 18.5 Å². The largest absolute Gasteiger partial charge is 0.490 e. The van der Waals surface area contributed by atoms with Crippen molar-refractivity contribution in [1.29, 1.82) is 0 Å². The Morgan fingerprint density at radius 1 is 1.25 bits per heavy atom. The molecule has 1 aliphatic heterocycles. The van der Waals surface area contributed by atoms with Crippen LogP contribution >= 0.6 is 11.3 Å². The summed E-state index contributed by atoms with van der Waals surface area (Å²) in [5.74, 6) is 1.12. The Kier molecular flexibility index (Phi) is 5.93. The third kappa shape index (κ3) is 4.40. The van der Waals surface area contributed by atoms with E-state index in [-0.39, 0.29) is 12.4 Å². The number of aromatic nitrogens is 1. The molecule has 1 aliphatic rings. The van der Waals surface area contributed by atoms with Crippen LogP contribution in [-0.4, -0.2) is 46.8 Å². The maximum atomic E-state index is 13.5. The summed E-state index contributed by atoms with van der Waals surface area (Å²) < 4.78 is 20.7. The number of β-amino-alcohol motifs (C(OH)–C–C–N with tert-alkyl or cyclic N) is 1. The number of aryl methyl sites for hydroxylation is 1. The minimum absolute atomic E-state index is 0.177. The Morgan fingerprint density at radius 3 is 2.97 bits per heavy atom. The zero-order valence-electron chi connectivity index (χ0n) is 18.5. The van der Waals surface area contributed by atoms with E-state index in [1.54, 1.807) is 17.4 Å². The van der Waals surface area contributed by atoms with Crippen molar-refractivity contribution in [3.8, 4) is 5.75 Å². The summed E-state index contributed by atoms with van der Waals surface area (Å²) in [5.41, 5.74) is 2.14. The molecule has 2 aromatic carbocycles. The number of rotatable bonds is 6. The van der Waals surface area contributed by atoms with Crippen LogP contribution in [0.2, 0.25) is 0 Å². The van der Waals surface area contributed by atoms with E-state index in [9.17, 15) is 9.50 Å². The van der Waals surface area contributed by atoms with Gasteiger partial charge in [0, 0.05) is 38.8 Å². The smallest absolute Gasteiger partial charge is 0.128 e. The van der Waals surface area contributed by atoms with Crippen molar-refractivity contribution in [2.24, 2.45) is 0 Å². The van der Waals surface area contributed by atoms with Gasteiger partial charge >= 0.3 is 0 Å². The molecule has 4 aromatic rings. The van der Waals surface area contributed by atoms with E-state index < -0.39 is 6.10 Å². The number of aliphatic hydroxyl groups is 1. The molecule has 0 radical (unpaired) electrons. The second-order valence-electron chi connectivity index (χ2n) is 9.03. The molecule has 3 atom stereocenters. The SMILES string of the molecule is Cc1cc2c(OC[C@@H](O)CN3CC[C@H](c4cc5cc(F)ccc5s4)C[C@@H]3C)cccc2[nH]1. The summed E-state index contributed by atoms with van der Waals surface area (Å²) in [7, 11) is 0. The van der Waals surface area contributed by atoms with Crippen LogP contribution < -0.4 is 4.74 Å². The van der Waals surface area contributed by atoms with Gasteiger partial charge in [-0.2, -0.15) is 0 Å². The number of nitrogens with one attached hydrogen (secondary N) is 1. The number of hydrogen-bond acceptors (Lipinski definition) is 4. The molecule has 2 N–H and O–H groups in total. The Hall–Kier alpha value is -2.41. The monoisotopic (exact) mass is 452 g/mol. The molecule has 2 aromatic heterocycles. The zero-order valence-corrected chi connectivity index (χ0v) is 19.3. The highest BCUT2D eigenvalue weighted by Crippen LogP contribution is 2.38. The molecular weight excluding hydrogens is 423 g/mol. The first-order valence-corrected chi connectivity index (χ1v) is 12.1. The fourth-order valence-corrected chi connectivity index (χ4v) is 6.08. The molecule has 0 bridgehead atoms. The molecule has 3 heterocycles. The van der Waals surface area contributed by atoms with Gasteiger partial charge in [-0.15, -0.1) is 11.3 Å². The summed E-state index contributed by atoms with van der Waals surface area (Å²) in [6.07, 6.45) is 1.55. The first kappa shape index (κ1) is 21.4. The highest BCUT2D eigenvalue weighted by Gasteiger charge is 2.29. The number of H-pyrrole nitrogens is 1. The molecule has 0 saturated carbocycles. The van der Waals surface area contributed by atoms with Crippen molar-refractivity contribution in [3.63, 3.8) is 0 Å². The van der Waals surface area contributed by atoms with Crippen molar-refractivity contribution in [1.82, 2.24) is 9.88 Å². The topological polar surface area (TPSA) is 48.5 Å². The number of likely N-dealkylation sites (tertiary alicyclic amines) is 1. The molecule has 6 heteroatoms. The van der Waals surface area contributed by atoms with E-state index in [1.807, 2.05) is 31.2 Å². The summed E-state index contributed by atoms with van der Waals surface area (Å²) in [6, 6.07) is 15.6. The predicted octanol–water partition coefficient (Wildman–Crippen LogP) is 5.84. The average molecular weight is 453 g/mol. The van der Waals surface area contributed by atoms with Gasteiger partial charge in [0.15, 0.2) is 0 Å². The van der Waals surface area contributed by atoms with Crippen LogP contribution in [0.1, 0.15) is 36.3 Å². The van der Waals surface area contributed by atoms with Crippen molar-refractivity contribution in [3.05, 3.63) is 64.9 Å². The molecule has 0 aliphatic carbocycles. The van der Waals surface area contributed by atoms with Crippen LogP contribution in [0.4, 0.5) is 4.39 Å². The molecule has 5 rings (SSSR count). The van der Waals surface area contributed by atoms with Crippen molar-refractivity contribution in [2.45, 2.75) is 44.8 Å². The highest BCUT2D eigenvalue weighted by atomic mass is 32.1. The number of aliphatic hydroxyl groups excluding tert-OH is 1. The van der Waals surface area contributed by atoms with Gasteiger partial charge in [-0.05, 0) is 87.0 Å². The third-order valence-electron chi connectivity index (χ3n) is 6.55. The Bertz CT molecular complexity index is 1230. The maximum absolute atomic E-state index is 13.5. The van der Waals surface area contributed by atoms with Crippen molar-refractivity contribution >= 4 is 32.3 Å². The summed E-state index contributed by atoms with van der Waals surface area (Å²) in [5, 5.41) is 12.7. The average Bonchev–Trinajstić information content (AvgIpc) is 3.36. The van der Waals surface area contributed by atoms with E-state index >= 15 is 0 Å². The molecule has 0 amide bonds. The number of nitrogens with zero attached hydrogens (tertiary/aromatic N) is 1. The number of fused-ring (bicyclic) bond motifs is 2. The zero-order chi connectivity index (χ0) is 22.2. The van der Waals surface area contributed by atoms with Gasteiger partial charge in [0.1, 0.15) is 24.3 Å². The van der Waals surface area contributed by atoms with Crippen LogP contribution in [0.5, 0.6) is 5.75 Å². The van der Waals surface area contributed by atoms with Gasteiger partial charge in [0.2, 0.25) is 0 Å². The number of piperidine rings is 1. The second kappa shape index (κ2) is 8.85. The number of aromatic amines is 1. The lowest BCUT2D eigenvalue weighted by molar-refractivity contribution is 0.0408. The van der Waals surface area contributed by atoms with Crippen LogP contribution in [0.3, 0.4) is 0 Å². The minimum atomic E-state index is -0.545. The molecular formula is C26H29FN2O2S. The number of benzene rings is 2. The molecule has 168 valence electrons. The van der Waals surface area contributed by atoms with Crippen LogP contribution in [0, 0.1) is 12.7 Å². The summed E-state index contributed by atoms with van der Waals surface area (Å²) in [6.45, 7) is 6.08. The second-order valence-corrected chi connectivity index (χ2v) is 10.1. The van der Waals surface area contributed by atoms with Crippen LogP contribution in [-0.2, 0) is 0 Å². The lowest BCUT2D eigenvalue weighted by atomic mass is 9.90. The highest BCUT2D eigenvalue weighted by molar-refractivity contribution is 7.19. The van der Waals surface area contributed by atoms with E-state index in [1.165, 1.54) is 10.9 Å². The van der Waals surface area contributed by atoms with Gasteiger partial charge < -0.3 is 14.8 Å². The van der Waals surface area contributed by atoms with Crippen molar-refractivity contribution in [2.75, 3.05) is 19.7 Å².